The third kappa shape index (κ3) is 2.33. The minimum Gasteiger partial charge on any atom is -0.424 e. The van der Waals surface area contributed by atoms with Gasteiger partial charge in [-0.05, 0) is 18.2 Å². The van der Waals surface area contributed by atoms with Crippen molar-refractivity contribution in [3.8, 4) is 11.8 Å². The quantitative estimate of drug-likeness (QED) is 0.483. The maximum Gasteiger partial charge on any atom is 0.321 e. The normalized spacial score (nSPS) is 10.5. The smallest absolute Gasteiger partial charge is 0.321 e. The van der Waals surface area contributed by atoms with Gasteiger partial charge in [0.1, 0.15) is 5.75 Å². The minimum absolute atomic E-state index is 0.251. The summed E-state index contributed by atoms with van der Waals surface area (Å²) in [5, 5.41) is 11.5. The summed E-state index contributed by atoms with van der Waals surface area (Å²) in [5.41, 5.74) is 0.650. The molecule has 80 valence electrons. The molecule has 16 heavy (non-hydrogen) atoms. The van der Waals surface area contributed by atoms with Gasteiger partial charge in [-0.2, -0.15) is 0 Å². The van der Waals surface area contributed by atoms with Crippen molar-refractivity contribution in [2.45, 2.75) is 0 Å². The second-order valence-electron chi connectivity index (χ2n) is 2.92. The molecule has 0 atom stereocenters. The standard InChI is InChI=1S/C11H9N3O2/c15-14-8-9-4-1-2-5-10(9)16-11-12-6-3-7-13-11/h1-8,15H. The number of nitrogens with zero attached hydrogens (tertiary/aromatic N) is 3. The molecule has 0 saturated heterocycles. The highest BCUT2D eigenvalue weighted by atomic mass is 16.5. The van der Waals surface area contributed by atoms with E-state index in [2.05, 4.69) is 15.1 Å². The first-order chi connectivity index (χ1) is 7.90. The van der Waals surface area contributed by atoms with Crippen LogP contribution in [-0.2, 0) is 0 Å². The van der Waals surface area contributed by atoms with Crippen molar-refractivity contribution in [1.29, 1.82) is 0 Å². The Labute approximate surface area is 92.0 Å². The predicted molar refractivity (Wildman–Crippen MR) is 57.9 cm³/mol. The zero-order valence-electron chi connectivity index (χ0n) is 8.32. The van der Waals surface area contributed by atoms with Crippen LogP contribution >= 0.6 is 0 Å². The molecular weight excluding hydrogens is 206 g/mol. The molecule has 2 aromatic rings. The molecule has 0 aliphatic heterocycles. The number of hydrogen-bond donors (Lipinski definition) is 1. The van der Waals surface area contributed by atoms with Crippen LogP contribution in [0.2, 0.25) is 0 Å². The van der Waals surface area contributed by atoms with Gasteiger partial charge in [0, 0.05) is 18.0 Å². The predicted octanol–water partition coefficient (Wildman–Crippen LogP) is 2.08. The Kier molecular flexibility index (Phi) is 3.08. The van der Waals surface area contributed by atoms with Crippen LogP contribution in [0.15, 0.2) is 47.9 Å². The van der Waals surface area contributed by atoms with Gasteiger partial charge >= 0.3 is 6.01 Å². The molecular formula is C11H9N3O2. The van der Waals surface area contributed by atoms with Crippen molar-refractivity contribution in [1.82, 2.24) is 9.97 Å². The SMILES string of the molecule is ON=Cc1ccccc1Oc1ncccn1. The summed E-state index contributed by atoms with van der Waals surface area (Å²) in [4.78, 5) is 7.87. The summed E-state index contributed by atoms with van der Waals surface area (Å²) in [6, 6.07) is 9.09. The lowest BCUT2D eigenvalue weighted by atomic mass is 10.2. The van der Waals surface area contributed by atoms with Gasteiger partial charge in [-0.25, -0.2) is 9.97 Å². The Morgan fingerprint density at radius 2 is 1.88 bits per heavy atom. The maximum atomic E-state index is 8.49. The van der Waals surface area contributed by atoms with E-state index in [1.807, 2.05) is 12.1 Å². The molecule has 0 radical (unpaired) electrons. The molecule has 0 unspecified atom stereocenters. The first-order valence-corrected chi connectivity index (χ1v) is 4.61. The van der Waals surface area contributed by atoms with Crippen LogP contribution < -0.4 is 4.74 Å². The number of hydrogen-bond acceptors (Lipinski definition) is 5. The van der Waals surface area contributed by atoms with Crippen molar-refractivity contribution >= 4 is 6.21 Å². The van der Waals surface area contributed by atoms with E-state index in [9.17, 15) is 0 Å². The van der Waals surface area contributed by atoms with Gasteiger partial charge < -0.3 is 9.94 Å². The summed E-state index contributed by atoms with van der Waals surface area (Å²) < 4.78 is 5.44. The van der Waals surface area contributed by atoms with Gasteiger partial charge in [0.2, 0.25) is 0 Å². The van der Waals surface area contributed by atoms with Crippen molar-refractivity contribution < 1.29 is 9.94 Å². The lowest BCUT2D eigenvalue weighted by Crippen LogP contribution is -1.94. The number of benzene rings is 1. The van der Waals surface area contributed by atoms with E-state index < -0.39 is 0 Å². The van der Waals surface area contributed by atoms with Gasteiger partial charge in [0.25, 0.3) is 0 Å². The highest BCUT2D eigenvalue weighted by Crippen LogP contribution is 2.20. The van der Waals surface area contributed by atoms with E-state index in [0.717, 1.165) is 0 Å². The molecule has 0 aliphatic rings. The van der Waals surface area contributed by atoms with E-state index in [-0.39, 0.29) is 6.01 Å². The Morgan fingerprint density at radius 3 is 2.62 bits per heavy atom. The number of aromatic nitrogens is 2. The summed E-state index contributed by atoms with van der Waals surface area (Å²) in [7, 11) is 0. The fourth-order valence-corrected chi connectivity index (χ4v) is 1.18. The molecule has 1 aromatic heterocycles. The molecule has 0 aliphatic carbocycles. The van der Waals surface area contributed by atoms with Crippen LogP contribution in [0.3, 0.4) is 0 Å². The molecule has 1 aromatic carbocycles. The highest BCUT2D eigenvalue weighted by Gasteiger charge is 2.03. The average Bonchev–Trinajstić information content (AvgIpc) is 2.33. The van der Waals surface area contributed by atoms with Crippen molar-refractivity contribution in [3.63, 3.8) is 0 Å². The van der Waals surface area contributed by atoms with Crippen LogP contribution in [-0.4, -0.2) is 21.4 Å². The Hall–Kier alpha value is -2.43. The molecule has 1 heterocycles. The summed E-state index contributed by atoms with van der Waals surface area (Å²) >= 11 is 0. The lowest BCUT2D eigenvalue weighted by molar-refractivity contribution is 0.321. The zero-order chi connectivity index (χ0) is 11.2. The monoisotopic (exact) mass is 215 g/mol. The molecule has 5 heteroatoms. The van der Waals surface area contributed by atoms with Crippen molar-refractivity contribution in [3.05, 3.63) is 48.3 Å². The van der Waals surface area contributed by atoms with E-state index in [1.54, 1.807) is 30.6 Å². The van der Waals surface area contributed by atoms with E-state index in [4.69, 9.17) is 9.94 Å². The third-order valence-corrected chi connectivity index (χ3v) is 1.86. The molecule has 5 nitrogen and oxygen atoms in total. The van der Waals surface area contributed by atoms with Crippen LogP contribution in [0, 0.1) is 0 Å². The molecule has 0 spiro atoms. The summed E-state index contributed by atoms with van der Waals surface area (Å²) in [6.07, 6.45) is 4.47. The largest absolute Gasteiger partial charge is 0.424 e. The molecule has 0 fully saturated rings. The fraction of sp³-hybridized carbons (Fsp3) is 0. The third-order valence-electron chi connectivity index (χ3n) is 1.86. The van der Waals surface area contributed by atoms with E-state index in [1.165, 1.54) is 6.21 Å². The van der Waals surface area contributed by atoms with Crippen LogP contribution in [0.1, 0.15) is 5.56 Å². The van der Waals surface area contributed by atoms with Gasteiger partial charge in [-0.1, -0.05) is 17.3 Å². The second kappa shape index (κ2) is 4.88. The number of oxime groups is 1. The topological polar surface area (TPSA) is 67.6 Å². The van der Waals surface area contributed by atoms with E-state index >= 15 is 0 Å². The fourth-order valence-electron chi connectivity index (χ4n) is 1.18. The number of ether oxygens (including phenoxy) is 1. The average molecular weight is 215 g/mol. The van der Waals surface area contributed by atoms with Gasteiger partial charge in [0.05, 0.1) is 6.21 Å². The second-order valence-corrected chi connectivity index (χ2v) is 2.92. The molecule has 0 bridgehead atoms. The zero-order valence-corrected chi connectivity index (χ0v) is 8.32. The minimum atomic E-state index is 0.251. The lowest BCUT2D eigenvalue weighted by Gasteiger charge is -2.05. The molecule has 0 saturated carbocycles. The maximum absolute atomic E-state index is 8.49. The van der Waals surface area contributed by atoms with Crippen LogP contribution in [0.4, 0.5) is 0 Å². The van der Waals surface area contributed by atoms with Gasteiger partial charge in [-0.15, -0.1) is 0 Å². The summed E-state index contributed by atoms with van der Waals surface area (Å²) in [5.74, 6) is 0.534. The Bertz CT molecular complexity index is 486. The number of para-hydroxylation sites is 1. The van der Waals surface area contributed by atoms with Crippen molar-refractivity contribution in [2.75, 3.05) is 0 Å². The number of rotatable bonds is 3. The summed E-state index contributed by atoms with van der Waals surface area (Å²) in [6.45, 7) is 0. The van der Waals surface area contributed by atoms with Crippen molar-refractivity contribution in [2.24, 2.45) is 5.16 Å². The first-order valence-electron chi connectivity index (χ1n) is 4.61. The van der Waals surface area contributed by atoms with Crippen LogP contribution in [0.5, 0.6) is 11.8 Å². The highest BCUT2D eigenvalue weighted by molar-refractivity contribution is 5.83. The molecule has 0 amide bonds. The van der Waals surface area contributed by atoms with Crippen LogP contribution in [0.25, 0.3) is 0 Å². The Balaban J connectivity index is 2.28. The van der Waals surface area contributed by atoms with Gasteiger partial charge in [-0.3, -0.25) is 0 Å². The molecule has 2 rings (SSSR count). The first kappa shape index (κ1) is 10.1. The van der Waals surface area contributed by atoms with E-state index in [0.29, 0.717) is 11.3 Å². The van der Waals surface area contributed by atoms with Gasteiger partial charge in [0.15, 0.2) is 0 Å². The Morgan fingerprint density at radius 1 is 1.12 bits per heavy atom. The molecule has 1 N–H and O–H groups in total.